The summed E-state index contributed by atoms with van der Waals surface area (Å²) in [7, 11) is 0. The van der Waals surface area contributed by atoms with Gasteiger partial charge in [0, 0.05) is 6.08 Å². The number of carboxylic acids is 1. The van der Waals surface area contributed by atoms with Crippen molar-refractivity contribution in [2.45, 2.75) is 90.4 Å². The van der Waals surface area contributed by atoms with Crippen molar-refractivity contribution in [3.8, 4) is 0 Å². The largest absolute Gasteiger partial charge is 0.478 e. The molecule has 0 fully saturated rings. The van der Waals surface area contributed by atoms with Gasteiger partial charge in [-0.05, 0) is 12.8 Å². The molecule has 0 heterocycles. The van der Waals surface area contributed by atoms with Gasteiger partial charge in [-0.3, -0.25) is 0 Å². The summed E-state index contributed by atoms with van der Waals surface area (Å²) in [5.74, 6) is -0.929. The van der Waals surface area contributed by atoms with Gasteiger partial charge >= 0.3 is 5.97 Å². The number of unbranched alkanes of at least 4 members (excludes halogenated alkanes) is 12. The van der Waals surface area contributed by atoms with E-state index >= 15 is 0 Å². The van der Waals surface area contributed by atoms with Gasteiger partial charge in [0.2, 0.25) is 0 Å². The zero-order valence-corrected chi connectivity index (χ0v) is 17.3. The van der Waals surface area contributed by atoms with Crippen LogP contribution >= 0.6 is 0 Å². The molecule has 2 heteroatoms. The fourth-order valence-corrected chi connectivity index (χ4v) is 2.80. The van der Waals surface area contributed by atoms with E-state index in [0.29, 0.717) is 0 Å². The molecule has 0 spiro atoms. The minimum Gasteiger partial charge on any atom is -0.478 e. The van der Waals surface area contributed by atoms with Crippen molar-refractivity contribution in [3.63, 3.8) is 0 Å². The number of allylic oxidation sites excluding steroid dienone is 9. The van der Waals surface area contributed by atoms with Crippen molar-refractivity contribution in [3.05, 3.63) is 60.8 Å². The Bertz CT molecular complexity index is 467. The molecule has 0 atom stereocenters. The second kappa shape index (κ2) is 22.2. The molecular formula is C25H40O2. The smallest absolute Gasteiger partial charge is 0.328 e. The summed E-state index contributed by atoms with van der Waals surface area (Å²) >= 11 is 0. The molecule has 0 bridgehead atoms. The van der Waals surface area contributed by atoms with Crippen LogP contribution in [0.15, 0.2) is 60.8 Å². The van der Waals surface area contributed by atoms with Gasteiger partial charge in [0.25, 0.3) is 0 Å². The highest BCUT2D eigenvalue weighted by Crippen LogP contribution is 2.12. The average molecular weight is 373 g/mol. The Morgan fingerprint density at radius 3 is 1.48 bits per heavy atom. The van der Waals surface area contributed by atoms with Crippen LogP contribution in [0.3, 0.4) is 0 Å². The summed E-state index contributed by atoms with van der Waals surface area (Å²) in [6, 6.07) is 0. The minimum atomic E-state index is -0.929. The highest BCUT2D eigenvalue weighted by atomic mass is 16.4. The zero-order valence-electron chi connectivity index (χ0n) is 17.3. The molecule has 0 aromatic rings. The molecule has 2 nitrogen and oxygen atoms in total. The van der Waals surface area contributed by atoms with E-state index in [2.05, 4.69) is 19.1 Å². The first-order chi connectivity index (χ1) is 13.3. The molecule has 0 aliphatic carbocycles. The van der Waals surface area contributed by atoms with Gasteiger partial charge in [-0.1, -0.05) is 132 Å². The molecule has 0 radical (unpaired) electrons. The molecule has 0 saturated carbocycles. The molecule has 27 heavy (non-hydrogen) atoms. The molecule has 0 amide bonds. The maximum atomic E-state index is 10.3. The van der Waals surface area contributed by atoms with Crippen LogP contribution in [0, 0.1) is 0 Å². The normalized spacial score (nSPS) is 12.6. The summed E-state index contributed by atoms with van der Waals surface area (Å²) in [6.45, 7) is 2.28. The van der Waals surface area contributed by atoms with Crippen molar-refractivity contribution in [2.24, 2.45) is 0 Å². The standard InChI is InChI=1S/C25H40O2/c1-2-3-4-5-6-7-8-9-10-11-12-13-14-15-16-17-18-19-20-21-22-23-24-25(26)27/h15-24H,2-14H2,1H3,(H,26,27). The lowest BCUT2D eigenvalue weighted by Gasteiger charge is -2.02. The topological polar surface area (TPSA) is 37.3 Å². The van der Waals surface area contributed by atoms with Crippen LogP contribution in [-0.4, -0.2) is 11.1 Å². The Hall–Kier alpha value is -1.83. The van der Waals surface area contributed by atoms with E-state index in [4.69, 9.17) is 5.11 Å². The molecule has 1 N–H and O–H groups in total. The van der Waals surface area contributed by atoms with Gasteiger partial charge in [-0.15, -0.1) is 0 Å². The first kappa shape index (κ1) is 25.2. The van der Waals surface area contributed by atoms with Crippen LogP contribution in [0.2, 0.25) is 0 Å². The Balaban J connectivity index is 3.36. The predicted octanol–water partition coefficient (Wildman–Crippen LogP) is 7.94. The third-order valence-corrected chi connectivity index (χ3v) is 4.38. The Kier molecular flexibility index (Phi) is 20.7. The van der Waals surface area contributed by atoms with E-state index < -0.39 is 5.97 Å². The summed E-state index contributed by atoms with van der Waals surface area (Å²) < 4.78 is 0. The van der Waals surface area contributed by atoms with Gasteiger partial charge in [0.05, 0.1) is 0 Å². The molecule has 0 aromatic heterocycles. The Labute approximate surface area is 167 Å². The van der Waals surface area contributed by atoms with Crippen LogP contribution in [-0.2, 0) is 4.79 Å². The van der Waals surface area contributed by atoms with Crippen molar-refractivity contribution in [1.29, 1.82) is 0 Å². The highest BCUT2D eigenvalue weighted by Gasteiger charge is 1.92. The van der Waals surface area contributed by atoms with Crippen LogP contribution in [0.25, 0.3) is 0 Å². The monoisotopic (exact) mass is 372 g/mol. The molecule has 152 valence electrons. The zero-order chi connectivity index (χ0) is 19.8. The van der Waals surface area contributed by atoms with Crippen LogP contribution < -0.4 is 0 Å². The average Bonchev–Trinajstić information content (AvgIpc) is 2.65. The lowest BCUT2D eigenvalue weighted by atomic mass is 10.0. The third kappa shape index (κ3) is 24.2. The van der Waals surface area contributed by atoms with Gasteiger partial charge in [0.1, 0.15) is 0 Å². The molecule has 0 unspecified atom stereocenters. The second-order valence-electron chi connectivity index (χ2n) is 6.96. The predicted molar refractivity (Wildman–Crippen MR) is 119 cm³/mol. The number of rotatable bonds is 18. The number of aliphatic carboxylic acids is 1. The maximum Gasteiger partial charge on any atom is 0.328 e. The quantitative estimate of drug-likeness (QED) is 0.151. The number of hydrogen-bond acceptors (Lipinski definition) is 1. The molecule has 0 rings (SSSR count). The highest BCUT2D eigenvalue weighted by molar-refractivity contribution is 5.80. The summed E-state index contributed by atoms with van der Waals surface area (Å²) in [5.41, 5.74) is 0. The minimum absolute atomic E-state index is 0.929. The van der Waals surface area contributed by atoms with Crippen molar-refractivity contribution < 1.29 is 9.90 Å². The first-order valence-corrected chi connectivity index (χ1v) is 10.8. The molecule has 0 aromatic carbocycles. The lowest BCUT2D eigenvalue weighted by molar-refractivity contribution is -0.131. The van der Waals surface area contributed by atoms with Crippen molar-refractivity contribution in [1.82, 2.24) is 0 Å². The maximum absolute atomic E-state index is 10.3. The van der Waals surface area contributed by atoms with Gasteiger partial charge < -0.3 is 5.11 Å². The summed E-state index contributed by atoms with van der Waals surface area (Å²) in [4.78, 5) is 10.3. The second-order valence-corrected chi connectivity index (χ2v) is 6.96. The molecule has 0 saturated heterocycles. The van der Waals surface area contributed by atoms with Gasteiger partial charge in [-0.25, -0.2) is 4.79 Å². The number of carboxylic acid groups (broad SMARTS) is 1. The van der Waals surface area contributed by atoms with E-state index in [-0.39, 0.29) is 0 Å². The molecule has 0 aliphatic heterocycles. The van der Waals surface area contributed by atoms with E-state index in [1.807, 2.05) is 24.3 Å². The number of hydrogen-bond donors (Lipinski definition) is 1. The number of carbonyl (C=O) groups is 1. The van der Waals surface area contributed by atoms with Gasteiger partial charge in [0.15, 0.2) is 0 Å². The SMILES string of the molecule is CCCCCCCCCCCCCCC=CC=CC=CC=CC=CC(=O)O. The van der Waals surface area contributed by atoms with Crippen LogP contribution in [0.5, 0.6) is 0 Å². The van der Waals surface area contributed by atoms with Crippen molar-refractivity contribution >= 4 is 5.97 Å². The summed E-state index contributed by atoms with van der Waals surface area (Å²) in [5, 5.41) is 8.42. The summed E-state index contributed by atoms with van der Waals surface area (Å²) in [6.07, 6.45) is 36.1. The molecule has 0 aliphatic rings. The van der Waals surface area contributed by atoms with Crippen LogP contribution in [0.1, 0.15) is 90.4 Å². The van der Waals surface area contributed by atoms with E-state index in [9.17, 15) is 4.79 Å². The third-order valence-electron chi connectivity index (χ3n) is 4.38. The molecular weight excluding hydrogens is 332 g/mol. The fourth-order valence-electron chi connectivity index (χ4n) is 2.80. The Morgan fingerprint density at radius 2 is 1.00 bits per heavy atom. The van der Waals surface area contributed by atoms with Gasteiger partial charge in [-0.2, -0.15) is 0 Å². The Morgan fingerprint density at radius 1 is 0.593 bits per heavy atom. The van der Waals surface area contributed by atoms with Crippen molar-refractivity contribution in [2.75, 3.05) is 0 Å². The van der Waals surface area contributed by atoms with E-state index in [1.54, 1.807) is 12.2 Å². The van der Waals surface area contributed by atoms with Crippen LogP contribution in [0.4, 0.5) is 0 Å². The fraction of sp³-hybridized carbons (Fsp3) is 0.560. The lowest BCUT2D eigenvalue weighted by Crippen LogP contribution is -1.84. The van der Waals surface area contributed by atoms with E-state index in [0.717, 1.165) is 12.5 Å². The first-order valence-electron chi connectivity index (χ1n) is 10.8. The van der Waals surface area contributed by atoms with E-state index in [1.165, 1.54) is 83.1 Å².